The molecule has 1 atom stereocenters. The van der Waals surface area contributed by atoms with E-state index >= 15 is 0 Å². The van der Waals surface area contributed by atoms with Crippen molar-refractivity contribution >= 4 is 11.8 Å². The highest BCUT2D eigenvalue weighted by molar-refractivity contribution is 7.99. The molecule has 1 unspecified atom stereocenters. The third-order valence-electron chi connectivity index (χ3n) is 2.31. The van der Waals surface area contributed by atoms with Gasteiger partial charge in [-0.05, 0) is 30.5 Å². The van der Waals surface area contributed by atoms with Crippen molar-refractivity contribution in [3.63, 3.8) is 0 Å². The Labute approximate surface area is 77.3 Å². The summed E-state index contributed by atoms with van der Waals surface area (Å²) in [5.74, 6) is 1.92. The Morgan fingerprint density at radius 2 is 2.25 bits per heavy atom. The van der Waals surface area contributed by atoms with E-state index in [1.807, 2.05) is 11.8 Å². The Morgan fingerprint density at radius 3 is 3.08 bits per heavy atom. The van der Waals surface area contributed by atoms with Crippen LogP contribution in [0.4, 0.5) is 0 Å². The van der Waals surface area contributed by atoms with Gasteiger partial charge in [0.1, 0.15) is 0 Å². The molecule has 1 aliphatic rings. The van der Waals surface area contributed by atoms with Crippen molar-refractivity contribution in [2.75, 3.05) is 12.3 Å². The summed E-state index contributed by atoms with van der Waals surface area (Å²) < 4.78 is 0. The van der Waals surface area contributed by atoms with Gasteiger partial charge >= 0.3 is 0 Å². The molecule has 2 rings (SSSR count). The molecular formula is C10H13NS. The van der Waals surface area contributed by atoms with Gasteiger partial charge in [0.25, 0.3) is 0 Å². The van der Waals surface area contributed by atoms with Gasteiger partial charge in [0.15, 0.2) is 0 Å². The average Bonchev–Trinajstić information content (AvgIpc) is 2.50. The average molecular weight is 179 g/mol. The predicted octanol–water partition coefficient (Wildman–Crippen LogP) is 2.22. The molecule has 0 saturated heterocycles. The molecule has 1 aromatic rings. The van der Waals surface area contributed by atoms with Crippen molar-refractivity contribution in [2.45, 2.75) is 17.2 Å². The van der Waals surface area contributed by atoms with Crippen LogP contribution in [-0.4, -0.2) is 12.3 Å². The summed E-state index contributed by atoms with van der Waals surface area (Å²) in [4.78, 5) is 1.45. The van der Waals surface area contributed by atoms with E-state index in [4.69, 9.17) is 5.73 Å². The van der Waals surface area contributed by atoms with Gasteiger partial charge in [0.05, 0.1) is 0 Å². The minimum Gasteiger partial charge on any atom is -0.330 e. The van der Waals surface area contributed by atoms with E-state index in [9.17, 15) is 0 Å². The number of hydrogen-bond donors (Lipinski definition) is 1. The van der Waals surface area contributed by atoms with Gasteiger partial charge < -0.3 is 5.73 Å². The maximum absolute atomic E-state index is 5.56. The number of fused-ring (bicyclic) bond motifs is 1. The van der Waals surface area contributed by atoms with E-state index < -0.39 is 0 Å². The van der Waals surface area contributed by atoms with Crippen LogP contribution in [0.5, 0.6) is 0 Å². The van der Waals surface area contributed by atoms with E-state index in [1.165, 1.54) is 16.2 Å². The lowest BCUT2D eigenvalue weighted by atomic mass is 9.98. The van der Waals surface area contributed by atoms with E-state index in [0.29, 0.717) is 5.92 Å². The zero-order valence-corrected chi connectivity index (χ0v) is 7.81. The maximum Gasteiger partial charge on any atom is 0.0107 e. The van der Waals surface area contributed by atoms with Crippen molar-refractivity contribution in [1.29, 1.82) is 0 Å². The summed E-state index contributed by atoms with van der Waals surface area (Å²) in [7, 11) is 0. The summed E-state index contributed by atoms with van der Waals surface area (Å²) in [6, 6.07) is 8.66. The van der Waals surface area contributed by atoms with Crippen LogP contribution >= 0.6 is 11.8 Å². The molecule has 0 aromatic heterocycles. The summed E-state index contributed by atoms with van der Waals surface area (Å²) in [5.41, 5.74) is 7.06. The van der Waals surface area contributed by atoms with Crippen LogP contribution in [0.15, 0.2) is 29.2 Å². The second kappa shape index (κ2) is 3.50. The maximum atomic E-state index is 5.56. The van der Waals surface area contributed by atoms with Crippen molar-refractivity contribution in [2.24, 2.45) is 5.73 Å². The molecule has 1 aliphatic heterocycles. The van der Waals surface area contributed by atoms with Gasteiger partial charge in [-0.3, -0.25) is 0 Å². The molecule has 2 heteroatoms. The number of rotatable bonds is 2. The van der Waals surface area contributed by atoms with E-state index in [2.05, 4.69) is 24.3 Å². The van der Waals surface area contributed by atoms with Gasteiger partial charge in [-0.25, -0.2) is 0 Å². The summed E-state index contributed by atoms with van der Waals surface area (Å²) in [6.45, 7) is 0.805. The first-order valence-corrected chi connectivity index (χ1v) is 5.32. The van der Waals surface area contributed by atoms with Crippen molar-refractivity contribution in [3.05, 3.63) is 29.8 Å². The lowest BCUT2D eigenvalue weighted by molar-refractivity contribution is 0.701. The number of benzene rings is 1. The number of nitrogens with two attached hydrogens (primary N) is 1. The standard InChI is InChI=1S/C10H13NS/c11-6-5-8-7-12-10-4-2-1-3-9(8)10/h1-4,8H,5-7,11H2. The van der Waals surface area contributed by atoms with Crippen molar-refractivity contribution in [1.82, 2.24) is 0 Å². The molecule has 0 saturated carbocycles. The van der Waals surface area contributed by atoms with Crippen LogP contribution in [0.1, 0.15) is 17.9 Å². The molecule has 0 amide bonds. The Kier molecular flexibility index (Phi) is 2.38. The van der Waals surface area contributed by atoms with Crippen LogP contribution in [0, 0.1) is 0 Å². The molecule has 0 radical (unpaired) electrons. The molecule has 12 heavy (non-hydrogen) atoms. The first kappa shape index (κ1) is 8.14. The van der Waals surface area contributed by atoms with Gasteiger partial charge in [-0.2, -0.15) is 0 Å². The molecule has 64 valence electrons. The first-order chi connectivity index (χ1) is 5.92. The van der Waals surface area contributed by atoms with Crippen molar-refractivity contribution in [3.8, 4) is 0 Å². The predicted molar refractivity (Wildman–Crippen MR) is 53.6 cm³/mol. The second-order valence-corrected chi connectivity index (χ2v) is 4.18. The van der Waals surface area contributed by atoms with Crippen LogP contribution in [-0.2, 0) is 0 Å². The molecule has 0 fully saturated rings. The minimum atomic E-state index is 0.705. The molecule has 1 heterocycles. The highest BCUT2D eigenvalue weighted by atomic mass is 32.2. The van der Waals surface area contributed by atoms with E-state index in [-0.39, 0.29) is 0 Å². The molecule has 1 aromatic carbocycles. The molecular weight excluding hydrogens is 166 g/mol. The number of hydrogen-bond acceptors (Lipinski definition) is 2. The zero-order valence-electron chi connectivity index (χ0n) is 6.99. The molecule has 0 spiro atoms. The Morgan fingerprint density at radius 1 is 1.42 bits per heavy atom. The Bertz CT molecular complexity index is 270. The zero-order chi connectivity index (χ0) is 8.39. The smallest absolute Gasteiger partial charge is 0.0107 e. The SMILES string of the molecule is NCCC1CSc2ccccc21. The van der Waals surface area contributed by atoms with Crippen LogP contribution in [0.3, 0.4) is 0 Å². The van der Waals surface area contributed by atoms with E-state index in [0.717, 1.165) is 13.0 Å². The summed E-state index contributed by atoms with van der Waals surface area (Å²) in [5, 5.41) is 0. The normalized spacial score (nSPS) is 20.9. The van der Waals surface area contributed by atoms with Crippen molar-refractivity contribution < 1.29 is 0 Å². The lowest BCUT2D eigenvalue weighted by Gasteiger charge is -2.07. The van der Waals surface area contributed by atoms with Crippen LogP contribution in [0.2, 0.25) is 0 Å². The Balaban J connectivity index is 2.24. The fraction of sp³-hybridized carbons (Fsp3) is 0.400. The minimum absolute atomic E-state index is 0.705. The quantitative estimate of drug-likeness (QED) is 0.753. The first-order valence-electron chi connectivity index (χ1n) is 4.33. The van der Waals surface area contributed by atoms with Gasteiger partial charge in [0, 0.05) is 10.6 Å². The van der Waals surface area contributed by atoms with Gasteiger partial charge in [0.2, 0.25) is 0 Å². The second-order valence-electron chi connectivity index (χ2n) is 3.12. The Hall–Kier alpha value is -0.470. The monoisotopic (exact) mass is 179 g/mol. The molecule has 2 N–H and O–H groups in total. The number of thioether (sulfide) groups is 1. The summed E-state index contributed by atoms with van der Waals surface area (Å²) in [6.07, 6.45) is 1.13. The fourth-order valence-corrected chi connectivity index (χ4v) is 2.97. The summed E-state index contributed by atoms with van der Waals surface area (Å²) >= 11 is 1.96. The molecule has 0 aliphatic carbocycles. The van der Waals surface area contributed by atoms with E-state index in [1.54, 1.807) is 0 Å². The van der Waals surface area contributed by atoms with Crippen LogP contribution in [0.25, 0.3) is 0 Å². The lowest BCUT2D eigenvalue weighted by Crippen LogP contribution is -2.06. The molecule has 1 nitrogen and oxygen atoms in total. The third kappa shape index (κ3) is 1.37. The van der Waals surface area contributed by atoms with Gasteiger partial charge in [-0.1, -0.05) is 18.2 Å². The highest BCUT2D eigenvalue weighted by Crippen LogP contribution is 2.40. The van der Waals surface area contributed by atoms with Gasteiger partial charge in [-0.15, -0.1) is 11.8 Å². The topological polar surface area (TPSA) is 26.0 Å². The molecule has 0 bridgehead atoms. The third-order valence-corrected chi connectivity index (χ3v) is 3.57. The highest BCUT2D eigenvalue weighted by Gasteiger charge is 2.21. The largest absolute Gasteiger partial charge is 0.330 e. The van der Waals surface area contributed by atoms with Crippen LogP contribution < -0.4 is 5.73 Å². The fourth-order valence-electron chi connectivity index (χ4n) is 1.67.